The van der Waals surface area contributed by atoms with E-state index in [1.807, 2.05) is 34.1 Å². The van der Waals surface area contributed by atoms with Crippen molar-refractivity contribution in [1.29, 1.82) is 0 Å². The Morgan fingerprint density at radius 1 is 0.966 bits per heavy atom. The largest absolute Gasteiger partial charge is 0.352 e. The van der Waals surface area contributed by atoms with Gasteiger partial charge in [0.15, 0.2) is 0 Å². The molecule has 156 valence electrons. The Bertz CT molecular complexity index is 775. The summed E-state index contributed by atoms with van der Waals surface area (Å²) in [6.45, 7) is 3.74. The molecule has 1 aliphatic carbocycles. The van der Waals surface area contributed by atoms with Crippen LogP contribution in [-0.2, 0) is 14.4 Å². The molecule has 0 radical (unpaired) electrons. The molecule has 1 aromatic rings. The second-order valence-corrected chi connectivity index (χ2v) is 9.00. The molecule has 0 aromatic heterocycles. The first-order valence-electron chi connectivity index (χ1n) is 10.4. The third kappa shape index (κ3) is 5.30. The maximum Gasteiger partial charge on any atom is 0.234 e. The van der Waals surface area contributed by atoms with Crippen LogP contribution >= 0.6 is 11.8 Å². The number of carbonyl (C=O) groups excluding carboxylic acids is 3. The van der Waals surface area contributed by atoms with Gasteiger partial charge in [-0.3, -0.25) is 19.3 Å². The van der Waals surface area contributed by atoms with E-state index in [-0.39, 0.29) is 30.6 Å². The fourth-order valence-corrected chi connectivity index (χ4v) is 4.79. The third-order valence-electron chi connectivity index (χ3n) is 5.62. The molecule has 2 fully saturated rings. The van der Waals surface area contributed by atoms with E-state index in [1.165, 1.54) is 0 Å². The predicted molar refractivity (Wildman–Crippen MR) is 113 cm³/mol. The lowest BCUT2D eigenvalue weighted by Gasteiger charge is -2.34. The molecule has 0 spiro atoms. The van der Waals surface area contributed by atoms with E-state index < -0.39 is 0 Å². The van der Waals surface area contributed by atoms with Gasteiger partial charge in [-0.2, -0.15) is 0 Å². The highest BCUT2D eigenvalue weighted by Gasteiger charge is 2.27. The molecule has 0 unspecified atom stereocenters. The zero-order valence-corrected chi connectivity index (χ0v) is 17.5. The Labute approximate surface area is 175 Å². The lowest BCUT2D eigenvalue weighted by atomic mass is 10.2. The molecule has 1 saturated heterocycles. The molecule has 1 aromatic carbocycles. The molecule has 0 bridgehead atoms. The number of hydrogen-bond acceptors (Lipinski definition) is 5. The van der Waals surface area contributed by atoms with Crippen LogP contribution in [0.1, 0.15) is 25.7 Å². The highest BCUT2D eigenvalue weighted by Crippen LogP contribution is 2.34. The maximum atomic E-state index is 12.7. The van der Waals surface area contributed by atoms with Crippen LogP contribution < -0.4 is 10.2 Å². The summed E-state index contributed by atoms with van der Waals surface area (Å²) < 4.78 is 0. The van der Waals surface area contributed by atoms with Gasteiger partial charge in [-0.05, 0) is 25.0 Å². The van der Waals surface area contributed by atoms with Crippen molar-refractivity contribution < 1.29 is 14.4 Å². The molecule has 8 heteroatoms. The van der Waals surface area contributed by atoms with Crippen molar-refractivity contribution in [1.82, 2.24) is 15.1 Å². The summed E-state index contributed by atoms with van der Waals surface area (Å²) >= 11 is 1.77. The van der Waals surface area contributed by atoms with Gasteiger partial charge >= 0.3 is 0 Å². The number of para-hydroxylation sites is 1. The van der Waals surface area contributed by atoms with Crippen LogP contribution in [-0.4, -0.2) is 78.6 Å². The fraction of sp³-hybridized carbons (Fsp3) is 0.571. The van der Waals surface area contributed by atoms with Gasteiger partial charge in [-0.25, -0.2) is 0 Å². The number of fused-ring (bicyclic) bond motifs is 1. The average Bonchev–Trinajstić information content (AvgIpc) is 3.55. The van der Waals surface area contributed by atoms with Gasteiger partial charge < -0.3 is 15.1 Å². The molecule has 3 aliphatic rings. The fourth-order valence-electron chi connectivity index (χ4n) is 3.79. The standard InChI is InChI=1S/C21H28N4O3S/c26-19(22-16-5-6-16)15-23-9-11-24(12-10-23)20(27)7-8-21(28)25-13-14-29-18-4-2-1-3-17(18)25/h1-4,16H,5-15H2,(H,22,26). The number of nitrogens with zero attached hydrogens (tertiary/aromatic N) is 3. The van der Waals surface area contributed by atoms with Crippen molar-refractivity contribution in [2.75, 3.05) is 49.9 Å². The first-order valence-corrected chi connectivity index (χ1v) is 11.4. The summed E-state index contributed by atoms with van der Waals surface area (Å²) in [7, 11) is 0. The quantitative estimate of drug-likeness (QED) is 0.758. The van der Waals surface area contributed by atoms with E-state index in [9.17, 15) is 14.4 Å². The van der Waals surface area contributed by atoms with Gasteiger partial charge in [-0.15, -0.1) is 11.8 Å². The van der Waals surface area contributed by atoms with Crippen LogP contribution in [0.15, 0.2) is 29.2 Å². The molecule has 1 saturated carbocycles. The number of thioether (sulfide) groups is 1. The SMILES string of the molecule is O=C(CN1CCN(C(=O)CCC(=O)N2CCSc3ccccc32)CC1)NC1CC1. The van der Waals surface area contributed by atoms with Crippen LogP contribution in [0.4, 0.5) is 5.69 Å². The summed E-state index contributed by atoms with van der Waals surface area (Å²) in [5, 5.41) is 3.00. The van der Waals surface area contributed by atoms with Crippen molar-refractivity contribution in [3.05, 3.63) is 24.3 Å². The molecule has 1 N–H and O–H groups in total. The Morgan fingerprint density at radius 2 is 1.69 bits per heavy atom. The molecular weight excluding hydrogens is 388 g/mol. The topological polar surface area (TPSA) is 73.0 Å². The van der Waals surface area contributed by atoms with E-state index >= 15 is 0 Å². The minimum atomic E-state index is 0.0153. The number of nitrogens with one attached hydrogen (secondary N) is 1. The van der Waals surface area contributed by atoms with Crippen LogP contribution in [0.2, 0.25) is 0 Å². The Balaban J connectivity index is 1.20. The van der Waals surface area contributed by atoms with Gasteiger partial charge in [0.05, 0.1) is 12.2 Å². The molecule has 29 heavy (non-hydrogen) atoms. The monoisotopic (exact) mass is 416 g/mol. The third-order valence-corrected chi connectivity index (χ3v) is 6.66. The Hall–Kier alpha value is -2.06. The summed E-state index contributed by atoms with van der Waals surface area (Å²) in [4.78, 5) is 44.0. The minimum Gasteiger partial charge on any atom is -0.352 e. The summed E-state index contributed by atoms with van der Waals surface area (Å²) in [6.07, 6.45) is 2.66. The molecule has 7 nitrogen and oxygen atoms in total. The van der Waals surface area contributed by atoms with Crippen LogP contribution in [0.25, 0.3) is 0 Å². The zero-order chi connectivity index (χ0) is 20.2. The summed E-state index contributed by atoms with van der Waals surface area (Å²) in [5.41, 5.74) is 0.958. The lowest BCUT2D eigenvalue weighted by Crippen LogP contribution is -2.51. The van der Waals surface area contributed by atoms with E-state index in [2.05, 4.69) is 10.2 Å². The zero-order valence-electron chi connectivity index (χ0n) is 16.6. The number of benzene rings is 1. The Kier molecular flexibility index (Phi) is 6.40. The average molecular weight is 417 g/mol. The number of amides is 3. The van der Waals surface area contributed by atoms with Crippen molar-refractivity contribution in [2.24, 2.45) is 0 Å². The molecule has 2 heterocycles. The number of piperazine rings is 1. The molecule has 2 aliphatic heterocycles. The van der Waals surface area contributed by atoms with Crippen molar-refractivity contribution >= 4 is 35.2 Å². The van der Waals surface area contributed by atoms with Crippen LogP contribution in [0.3, 0.4) is 0 Å². The summed E-state index contributed by atoms with van der Waals surface area (Å²) in [6, 6.07) is 8.32. The second-order valence-electron chi connectivity index (χ2n) is 7.86. The van der Waals surface area contributed by atoms with Crippen LogP contribution in [0, 0.1) is 0 Å². The first kappa shape index (κ1) is 20.2. The van der Waals surface area contributed by atoms with Gasteiger partial charge in [0.25, 0.3) is 0 Å². The van der Waals surface area contributed by atoms with Crippen LogP contribution in [0.5, 0.6) is 0 Å². The van der Waals surface area contributed by atoms with Crippen molar-refractivity contribution in [3.63, 3.8) is 0 Å². The normalized spacial score (nSPS) is 19.6. The van der Waals surface area contributed by atoms with E-state index in [1.54, 1.807) is 11.8 Å². The Morgan fingerprint density at radius 3 is 2.45 bits per heavy atom. The maximum absolute atomic E-state index is 12.7. The minimum absolute atomic E-state index is 0.0153. The predicted octanol–water partition coefficient (Wildman–Crippen LogP) is 1.33. The van der Waals surface area contributed by atoms with Gasteiger partial charge in [-0.1, -0.05) is 12.1 Å². The van der Waals surface area contributed by atoms with Gasteiger partial charge in [0.1, 0.15) is 0 Å². The molecule has 0 atom stereocenters. The second kappa shape index (κ2) is 9.17. The van der Waals surface area contributed by atoms with Crippen molar-refractivity contribution in [3.8, 4) is 0 Å². The van der Waals surface area contributed by atoms with Gasteiger partial charge in [0.2, 0.25) is 17.7 Å². The number of hydrogen-bond donors (Lipinski definition) is 1. The number of carbonyl (C=O) groups is 3. The summed E-state index contributed by atoms with van der Waals surface area (Å²) in [5.74, 6) is 1.01. The van der Waals surface area contributed by atoms with E-state index in [0.29, 0.717) is 45.3 Å². The molecular formula is C21H28N4O3S. The van der Waals surface area contributed by atoms with Crippen molar-refractivity contribution in [2.45, 2.75) is 36.6 Å². The number of rotatable bonds is 6. The molecule has 4 rings (SSSR count). The highest BCUT2D eigenvalue weighted by molar-refractivity contribution is 7.99. The highest BCUT2D eigenvalue weighted by atomic mass is 32.2. The smallest absolute Gasteiger partial charge is 0.234 e. The molecule has 3 amide bonds. The van der Waals surface area contributed by atoms with E-state index in [4.69, 9.17) is 0 Å². The first-order chi connectivity index (χ1) is 14.1. The number of anilines is 1. The lowest BCUT2D eigenvalue weighted by molar-refractivity contribution is -0.135. The van der Waals surface area contributed by atoms with Gasteiger partial charge in [0, 0.05) is 62.3 Å². The van der Waals surface area contributed by atoms with E-state index in [0.717, 1.165) is 29.2 Å².